The van der Waals surface area contributed by atoms with Crippen LogP contribution in [0.4, 0.5) is 5.82 Å². The first-order valence-electron chi connectivity index (χ1n) is 5.39. The van der Waals surface area contributed by atoms with E-state index in [9.17, 15) is 0 Å². The van der Waals surface area contributed by atoms with Gasteiger partial charge in [-0.25, -0.2) is 9.97 Å². The van der Waals surface area contributed by atoms with Crippen molar-refractivity contribution in [1.82, 2.24) is 9.97 Å². The molecule has 0 aromatic carbocycles. The summed E-state index contributed by atoms with van der Waals surface area (Å²) in [5.74, 6) is 2.50. The molecule has 0 N–H and O–H groups in total. The quantitative estimate of drug-likeness (QED) is 0.755. The fourth-order valence-electron chi connectivity index (χ4n) is 1.51. The largest absolute Gasteiger partial charge is 0.363 e. The molecule has 1 aromatic heterocycles. The van der Waals surface area contributed by atoms with Gasteiger partial charge in [-0.15, -0.1) is 0 Å². The number of aromatic nitrogens is 2. The number of hydrogen-bond acceptors (Lipinski definition) is 3. The van der Waals surface area contributed by atoms with E-state index in [1.165, 1.54) is 18.5 Å². The van der Waals surface area contributed by atoms with Crippen molar-refractivity contribution in [1.29, 1.82) is 0 Å². The lowest BCUT2D eigenvalue weighted by atomic mass is 10.2. The summed E-state index contributed by atoms with van der Waals surface area (Å²) in [6, 6.07) is 2.10. The number of hydrogen-bond donors (Lipinski definition) is 0. The van der Waals surface area contributed by atoms with E-state index in [2.05, 4.69) is 16.0 Å². The average Bonchev–Trinajstić information content (AvgIpc) is 3.01. The minimum Gasteiger partial charge on any atom is -0.363 e. The zero-order chi connectivity index (χ0) is 10.8. The molecule has 15 heavy (non-hydrogen) atoms. The van der Waals surface area contributed by atoms with Crippen molar-refractivity contribution >= 4 is 11.9 Å². The van der Waals surface area contributed by atoms with Crippen molar-refractivity contribution in [2.45, 2.75) is 25.7 Å². The summed E-state index contributed by atoms with van der Waals surface area (Å²) in [6.07, 6.45) is 6.49. The van der Waals surface area contributed by atoms with E-state index in [0.29, 0.717) is 5.92 Å². The third kappa shape index (κ3) is 2.35. The van der Waals surface area contributed by atoms with Crippen LogP contribution in [0, 0.1) is 0 Å². The lowest BCUT2D eigenvalue weighted by Gasteiger charge is -2.12. The molecule has 3 heteroatoms. The molecule has 1 aromatic rings. The van der Waals surface area contributed by atoms with Gasteiger partial charge in [0.05, 0.1) is 0 Å². The van der Waals surface area contributed by atoms with Gasteiger partial charge in [-0.1, -0.05) is 6.08 Å². The Morgan fingerprint density at radius 2 is 2.07 bits per heavy atom. The second-order valence-electron chi connectivity index (χ2n) is 4.18. The van der Waals surface area contributed by atoms with Gasteiger partial charge in [0.15, 0.2) is 5.82 Å². The van der Waals surface area contributed by atoms with Crippen LogP contribution in [-0.2, 0) is 0 Å². The Morgan fingerprint density at radius 3 is 2.60 bits per heavy atom. The minimum absolute atomic E-state index is 0.677. The molecular weight excluding hydrogens is 186 g/mol. The van der Waals surface area contributed by atoms with E-state index in [-0.39, 0.29) is 0 Å². The molecule has 80 valence electrons. The predicted octanol–water partition coefficient (Wildman–Crippen LogP) is 2.45. The van der Waals surface area contributed by atoms with Gasteiger partial charge >= 0.3 is 0 Å². The van der Waals surface area contributed by atoms with Crippen LogP contribution in [0.2, 0.25) is 0 Å². The van der Waals surface area contributed by atoms with Crippen molar-refractivity contribution in [3.63, 3.8) is 0 Å². The molecule has 0 saturated heterocycles. The van der Waals surface area contributed by atoms with Gasteiger partial charge in [0.25, 0.3) is 0 Å². The van der Waals surface area contributed by atoms with Crippen LogP contribution in [0.3, 0.4) is 0 Å². The first-order valence-corrected chi connectivity index (χ1v) is 5.39. The van der Waals surface area contributed by atoms with Crippen molar-refractivity contribution in [2.24, 2.45) is 0 Å². The van der Waals surface area contributed by atoms with Gasteiger partial charge in [0.1, 0.15) is 5.82 Å². The van der Waals surface area contributed by atoms with Gasteiger partial charge in [-0.3, -0.25) is 0 Å². The van der Waals surface area contributed by atoms with E-state index in [1.54, 1.807) is 0 Å². The van der Waals surface area contributed by atoms with Gasteiger partial charge < -0.3 is 4.90 Å². The van der Waals surface area contributed by atoms with Gasteiger partial charge in [0, 0.05) is 31.8 Å². The lowest BCUT2D eigenvalue weighted by molar-refractivity contribution is 0.947. The van der Waals surface area contributed by atoms with E-state index in [4.69, 9.17) is 0 Å². The number of allylic oxidation sites excluding steroid dienone is 1. The second-order valence-corrected chi connectivity index (χ2v) is 4.18. The molecule has 1 aliphatic rings. The molecule has 0 aliphatic heterocycles. The summed E-state index contributed by atoms with van der Waals surface area (Å²) < 4.78 is 0. The highest BCUT2D eigenvalue weighted by molar-refractivity contribution is 5.47. The van der Waals surface area contributed by atoms with Gasteiger partial charge in [-0.2, -0.15) is 0 Å². The molecule has 2 rings (SSSR count). The van der Waals surface area contributed by atoms with E-state index >= 15 is 0 Å². The highest BCUT2D eigenvalue weighted by Gasteiger charge is 2.26. The van der Waals surface area contributed by atoms with Crippen LogP contribution < -0.4 is 4.90 Å². The highest BCUT2D eigenvalue weighted by Crippen LogP contribution is 2.39. The molecule has 0 spiro atoms. The molecule has 0 atom stereocenters. The van der Waals surface area contributed by atoms with Crippen LogP contribution in [0.5, 0.6) is 0 Å². The highest BCUT2D eigenvalue weighted by atomic mass is 15.1. The summed E-state index contributed by atoms with van der Waals surface area (Å²) in [4.78, 5) is 11.0. The molecular formula is C12H17N3. The first-order chi connectivity index (χ1) is 7.20. The summed E-state index contributed by atoms with van der Waals surface area (Å²) in [7, 11) is 4.02. The van der Waals surface area contributed by atoms with Crippen molar-refractivity contribution in [3.05, 3.63) is 23.7 Å². The van der Waals surface area contributed by atoms with Crippen molar-refractivity contribution in [2.75, 3.05) is 19.0 Å². The Hall–Kier alpha value is -1.38. The number of anilines is 1. The van der Waals surface area contributed by atoms with E-state index < -0.39 is 0 Å². The molecule has 3 nitrogen and oxygen atoms in total. The Morgan fingerprint density at radius 1 is 1.33 bits per heavy atom. The molecule has 0 amide bonds. The maximum absolute atomic E-state index is 4.54. The van der Waals surface area contributed by atoms with Crippen LogP contribution in [0.1, 0.15) is 37.2 Å². The maximum Gasteiger partial charge on any atom is 0.154 e. The van der Waals surface area contributed by atoms with Crippen molar-refractivity contribution in [3.8, 4) is 0 Å². The number of rotatable bonds is 3. The minimum atomic E-state index is 0.677. The zero-order valence-electron chi connectivity index (χ0n) is 9.57. The van der Waals surface area contributed by atoms with E-state index in [0.717, 1.165) is 11.6 Å². The second kappa shape index (κ2) is 4.01. The molecule has 1 saturated carbocycles. The standard InChI is InChI=1S/C12H17N3/c1-4-5-11-13-10(9-6-7-9)8-12(14-11)15(2)3/h4-5,8-9H,6-7H2,1-3H3. The van der Waals surface area contributed by atoms with Crippen molar-refractivity contribution < 1.29 is 0 Å². The monoisotopic (exact) mass is 203 g/mol. The summed E-state index contributed by atoms with van der Waals surface area (Å²) in [5, 5.41) is 0. The fraction of sp³-hybridized carbons (Fsp3) is 0.500. The predicted molar refractivity (Wildman–Crippen MR) is 63.0 cm³/mol. The Labute approximate surface area is 90.9 Å². The van der Waals surface area contributed by atoms with Crippen LogP contribution in [0.25, 0.3) is 6.08 Å². The maximum atomic E-state index is 4.54. The van der Waals surface area contributed by atoms with Crippen LogP contribution in [0.15, 0.2) is 12.1 Å². The van der Waals surface area contributed by atoms with Crippen LogP contribution >= 0.6 is 0 Å². The van der Waals surface area contributed by atoms with Gasteiger partial charge in [-0.05, 0) is 25.8 Å². The molecule has 1 heterocycles. The van der Waals surface area contributed by atoms with Crippen LogP contribution in [-0.4, -0.2) is 24.1 Å². The average molecular weight is 203 g/mol. The summed E-state index contributed by atoms with van der Waals surface area (Å²) >= 11 is 0. The van der Waals surface area contributed by atoms with E-state index in [1.807, 2.05) is 38.1 Å². The Balaban J connectivity index is 2.38. The normalized spacial score (nSPS) is 15.9. The topological polar surface area (TPSA) is 29.0 Å². The van der Waals surface area contributed by atoms with Gasteiger partial charge in [0.2, 0.25) is 0 Å². The SMILES string of the molecule is CC=Cc1nc(C2CC2)cc(N(C)C)n1. The molecule has 1 aliphatic carbocycles. The molecule has 0 bridgehead atoms. The Kier molecular flexibility index (Phi) is 2.71. The lowest BCUT2D eigenvalue weighted by Crippen LogP contribution is -2.12. The molecule has 0 radical (unpaired) electrons. The molecule has 1 fully saturated rings. The third-order valence-corrected chi connectivity index (χ3v) is 2.52. The fourth-order valence-corrected chi connectivity index (χ4v) is 1.51. The Bertz CT molecular complexity index is 358. The first kappa shape index (κ1) is 10.1. The third-order valence-electron chi connectivity index (χ3n) is 2.52. The zero-order valence-corrected chi connectivity index (χ0v) is 9.57. The number of nitrogens with zero attached hydrogens (tertiary/aromatic N) is 3. The molecule has 0 unspecified atom stereocenters. The summed E-state index contributed by atoms with van der Waals surface area (Å²) in [5.41, 5.74) is 1.20. The smallest absolute Gasteiger partial charge is 0.154 e. The summed E-state index contributed by atoms with van der Waals surface area (Å²) in [6.45, 7) is 1.99.